The van der Waals surface area contributed by atoms with Gasteiger partial charge in [0.1, 0.15) is 0 Å². The molecular weight excluding hydrogens is 240 g/mol. The lowest BCUT2D eigenvalue weighted by molar-refractivity contribution is 0.0951. The molecule has 0 bridgehead atoms. The van der Waals surface area contributed by atoms with Crippen molar-refractivity contribution in [1.29, 1.82) is 0 Å². The molecule has 100 valence electrons. The third-order valence-corrected chi connectivity index (χ3v) is 3.13. The number of hydrogen-bond donors (Lipinski definition) is 3. The normalized spacial score (nSPS) is 10.3. The van der Waals surface area contributed by atoms with Gasteiger partial charge in [0, 0.05) is 36.1 Å². The Labute approximate surface area is 112 Å². The van der Waals surface area contributed by atoms with E-state index in [2.05, 4.69) is 20.8 Å². The lowest BCUT2D eigenvalue weighted by atomic mass is 10.1. The number of nitrogens with zero attached hydrogens (tertiary/aromatic N) is 1. The molecule has 3 N–H and O–H groups in total. The molecule has 0 aliphatic rings. The van der Waals surface area contributed by atoms with E-state index in [1.54, 1.807) is 6.20 Å². The van der Waals surface area contributed by atoms with Crippen LogP contribution in [0.25, 0.3) is 0 Å². The molecule has 1 aromatic heterocycles. The first-order valence-electron chi connectivity index (χ1n) is 6.17. The second kappa shape index (κ2) is 5.56. The van der Waals surface area contributed by atoms with Gasteiger partial charge in [-0.05, 0) is 37.6 Å². The van der Waals surface area contributed by atoms with Crippen LogP contribution in [0.15, 0.2) is 24.4 Å². The number of aromatic amines is 1. The van der Waals surface area contributed by atoms with Gasteiger partial charge in [-0.1, -0.05) is 0 Å². The fraction of sp³-hybridized carbons (Fsp3) is 0.286. The van der Waals surface area contributed by atoms with Crippen LogP contribution in [0.2, 0.25) is 0 Å². The molecule has 0 fully saturated rings. The van der Waals surface area contributed by atoms with Crippen molar-refractivity contribution in [2.24, 2.45) is 0 Å². The summed E-state index contributed by atoms with van der Waals surface area (Å²) in [5, 5.41) is 12.7. The van der Waals surface area contributed by atoms with Crippen molar-refractivity contribution in [2.45, 2.75) is 20.4 Å². The highest BCUT2D eigenvalue weighted by molar-refractivity contribution is 5.94. The van der Waals surface area contributed by atoms with Crippen molar-refractivity contribution in [3.05, 3.63) is 46.8 Å². The number of nitrogens with one attached hydrogen (secondary N) is 3. The maximum atomic E-state index is 12.0. The largest absolute Gasteiger partial charge is 0.388 e. The van der Waals surface area contributed by atoms with Crippen molar-refractivity contribution < 1.29 is 4.79 Å². The highest BCUT2D eigenvalue weighted by Gasteiger charge is 2.08. The second-order valence-corrected chi connectivity index (χ2v) is 4.48. The van der Waals surface area contributed by atoms with Gasteiger partial charge in [0.2, 0.25) is 0 Å². The standard InChI is InChI=1S/C14H18N4O/c1-9-6-11(4-5-13(9)15-3)14(19)16-7-12-8-17-18-10(12)2/h4-6,8,15H,7H2,1-3H3,(H,16,19)(H,17,18). The van der Waals surface area contributed by atoms with E-state index in [4.69, 9.17) is 0 Å². The van der Waals surface area contributed by atoms with Crippen molar-refractivity contribution in [3.63, 3.8) is 0 Å². The van der Waals surface area contributed by atoms with Gasteiger partial charge in [0.25, 0.3) is 5.91 Å². The van der Waals surface area contributed by atoms with Crippen LogP contribution in [-0.2, 0) is 6.54 Å². The van der Waals surface area contributed by atoms with Crippen LogP contribution < -0.4 is 10.6 Å². The molecule has 0 radical (unpaired) electrons. The summed E-state index contributed by atoms with van der Waals surface area (Å²) in [6.45, 7) is 4.39. The molecule has 1 heterocycles. The summed E-state index contributed by atoms with van der Waals surface area (Å²) >= 11 is 0. The maximum Gasteiger partial charge on any atom is 0.251 e. The number of carbonyl (C=O) groups excluding carboxylic acids is 1. The Morgan fingerprint density at radius 1 is 1.37 bits per heavy atom. The summed E-state index contributed by atoms with van der Waals surface area (Å²) in [6.07, 6.45) is 1.73. The first-order chi connectivity index (χ1) is 9.11. The van der Waals surface area contributed by atoms with E-state index < -0.39 is 0 Å². The van der Waals surface area contributed by atoms with Crippen molar-refractivity contribution in [2.75, 3.05) is 12.4 Å². The van der Waals surface area contributed by atoms with E-state index >= 15 is 0 Å². The zero-order chi connectivity index (χ0) is 13.8. The molecule has 1 amide bonds. The van der Waals surface area contributed by atoms with E-state index in [9.17, 15) is 4.79 Å². The fourth-order valence-electron chi connectivity index (χ4n) is 1.92. The van der Waals surface area contributed by atoms with E-state index in [1.807, 2.05) is 39.1 Å². The SMILES string of the molecule is CNc1ccc(C(=O)NCc2cn[nH]c2C)cc1C. The van der Waals surface area contributed by atoms with Gasteiger partial charge in [-0.2, -0.15) is 5.10 Å². The van der Waals surface area contributed by atoms with Crippen LogP contribution in [0.1, 0.15) is 27.2 Å². The first-order valence-corrected chi connectivity index (χ1v) is 6.17. The average molecular weight is 258 g/mol. The first kappa shape index (κ1) is 13.1. The predicted molar refractivity (Wildman–Crippen MR) is 75.2 cm³/mol. The number of aryl methyl sites for hydroxylation is 2. The minimum absolute atomic E-state index is 0.0775. The molecular formula is C14H18N4O. The smallest absolute Gasteiger partial charge is 0.251 e. The van der Waals surface area contributed by atoms with Gasteiger partial charge < -0.3 is 10.6 Å². The van der Waals surface area contributed by atoms with Crippen molar-refractivity contribution in [3.8, 4) is 0 Å². The third kappa shape index (κ3) is 2.93. The van der Waals surface area contributed by atoms with E-state index in [0.717, 1.165) is 22.5 Å². The Hall–Kier alpha value is -2.30. The monoisotopic (exact) mass is 258 g/mol. The summed E-state index contributed by atoms with van der Waals surface area (Å²) in [4.78, 5) is 12.0. The molecule has 0 unspecified atom stereocenters. The molecule has 5 heteroatoms. The Balaban J connectivity index is 2.04. The zero-order valence-corrected chi connectivity index (χ0v) is 11.4. The maximum absolute atomic E-state index is 12.0. The van der Waals surface area contributed by atoms with Gasteiger partial charge in [-0.3, -0.25) is 9.89 Å². The number of H-pyrrole nitrogens is 1. The Bertz CT molecular complexity index is 589. The molecule has 0 saturated heterocycles. The lowest BCUT2D eigenvalue weighted by Gasteiger charge is -2.08. The molecule has 2 rings (SSSR count). The molecule has 0 saturated carbocycles. The number of amides is 1. The average Bonchev–Trinajstić information content (AvgIpc) is 2.81. The van der Waals surface area contributed by atoms with Crippen LogP contribution in [0.4, 0.5) is 5.69 Å². The summed E-state index contributed by atoms with van der Waals surface area (Å²) in [6, 6.07) is 5.60. The minimum atomic E-state index is -0.0775. The van der Waals surface area contributed by atoms with Gasteiger partial charge >= 0.3 is 0 Å². The van der Waals surface area contributed by atoms with Crippen molar-refractivity contribution >= 4 is 11.6 Å². The molecule has 0 aliphatic heterocycles. The zero-order valence-electron chi connectivity index (χ0n) is 11.4. The number of carbonyl (C=O) groups is 1. The number of hydrogen-bond acceptors (Lipinski definition) is 3. The molecule has 0 spiro atoms. The topological polar surface area (TPSA) is 69.8 Å². The Morgan fingerprint density at radius 3 is 2.74 bits per heavy atom. The van der Waals surface area contributed by atoms with Crippen LogP contribution in [0, 0.1) is 13.8 Å². The number of aromatic nitrogens is 2. The molecule has 0 atom stereocenters. The van der Waals surface area contributed by atoms with Crippen LogP contribution in [0.3, 0.4) is 0 Å². The molecule has 0 aliphatic carbocycles. The summed E-state index contributed by atoms with van der Waals surface area (Å²) < 4.78 is 0. The van der Waals surface area contributed by atoms with Gasteiger partial charge in [-0.25, -0.2) is 0 Å². The lowest BCUT2D eigenvalue weighted by Crippen LogP contribution is -2.23. The molecule has 19 heavy (non-hydrogen) atoms. The predicted octanol–water partition coefficient (Wildman–Crippen LogP) is 2.00. The summed E-state index contributed by atoms with van der Waals surface area (Å²) in [5.41, 5.74) is 4.72. The highest BCUT2D eigenvalue weighted by Crippen LogP contribution is 2.15. The third-order valence-electron chi connectivity index (χ3n) is 3.13. The van der Waals surface area contributed by atoms with E-state index in [0.29, 0.717) is 12.1 Å². The van der Waals surface area contributed by atoms with Crippen LogP contribution in [-0.4, -0.2) is 23.2 Å². The summed E-state index contributed by atoms with van der Waals surface area (Å²) in [7, 11) is 1.86. The second-order valence-electron chi connectivity index (χ2n) is 4.48. The quantitative estimate of drug-likeness (QED) is 0.785. The van der Waals surface area contributed by atoms with E-state index in [1.165, 1.54) is 0 Å². The molecule has 2 aromatic rings. The number of benzene rings is 1. The number of anilines is 1. The molecule has 1 aromatic carbocycles. The minimum Gasteiger partial charge on any atom is -0.388 e. The number of rotatable bonds is 4. The van der Waals surface area contributed by atoms with E-state index in [-0.39, 0.29) is 5.91 Å². The fourth-order valence-corrected chi connectivity index (χ4v) is 1.92. The highest BCUT2D eigenvalue weighted by atomic mass is 16.1. The van der Waals surface area contributed by atoms with Crippen LogP contribution >= 0.6 is 0 Å². The molecule has 5 nitrogen and oxygen atoms in total. The van der Waals surface area contributed by atoms with Gasteiger partial charge in [-0.15, -0.1) is 0 Å². The van der Waals surface area contributed by atoms with Gasteiger partial charge in [0.15, 0.2) is 0 Å². The van der Waals surface area contributed by atoms with Gasteiger partial charge in [0.05, 0.1) is 6.20 Å². The Morgan fingerprint density at radius 2 is 2.16 bits per heavy atom. The van der Waals surface area contributed by atoms with Crippen LogP contribution in [0.5, 0.6) is 0 Å². The Kier molecular flexibility index (Phi) is 3.85. The van der Waals surface area contributed by atoms with Crippen molar-refractivity contribution in [1.82, 2.24) is 15.5 Å². The summed E-state index contributed by atoms with van der Waals surface area (Å²) in [5.74, 6) is -0.0775.